The van der Waals surface area contributed by atoms with E-state index in [9.17, 15) is 45.8 Å². The number of pyridine rings is 1. The van der Waals surface area contributed by atoms with E-state index >= 15 is 0 Å². The predicted octanol–water partition coefficient (Wildman–Crippen LogP) is 7.55. The first-order valence-corrected chi connectivity index (χ1v) is 18.4. The highest BCUT2D eigenvalue weighted by atomic mass is 32.1. The van der Waals surface area contributed by atoms with E-state index in [1.54, 1.807) is 38.1 Å². The van der Waals surface area contributed by atoms with Crippen molar-refractivity contribution >= 4 is 29.1 Å². The number of aliphatic carboxylic acids is 1. The number of aliphatic hydroxyl groups is 1. The SMILES string of the molecule is CCC[C@H]1N(C(=O)c2cnccc2C(F)(F)F)CCC[C@@]1(Oc1ccc(C(F)(F)F)s1)C(=O)N1CCC(O)(c2ccccc2OC(C)CCC(=O)O)CC1. The Bertz CT molecular complexity index is 1810. The van der Waals surface area contributed by atoms with Crippen LogP contribution in [0.5, 0.6) is 10.8 Å². The number of aromatic nitrogens is 1. The third-order valence-electron chi connectivity index (χ3n) is 9.91. The Morgan fingerprint density at radius 3 is 2.33 bits per heavy atom. The van der Waals surface area contributed by atoms with Crippen LogP contribution in [0.3, 0.4) is 0 Å². The van der Waals surface area contributed by atoms with Gasteiger partial charge in [-0.25, -0.2) is 0 Å². The number of nitrogens with zero attached hydrogens (tertiary/aromatic N) is 3. The Hall–Kier alpha value is -4.38. The second-order valence-corrected chi connectivity index (χ2v) is 14.7. The standard InChI is InChI=1S/C37H41F6N3O7S/c1-3-7-28-35(53-31-13-11-29(54-31)37(41,42)43,15-6-19-46(28)32(49)24-22-44-18-14-25(24)36(38,39)40)33(50)45-20-16-34(51,17-21-45)26-8-4-5-9-27(26)52-23(2)10-12-30(47)48/h4-5,8-9,11,13-14,18,22-23,28,51H,3,6-7,10,12,15-17,19-21H2,1-2H3,(H,47,48)/t23?,28-,35+/m1/s1. The van der Waals surface area contributed by atoms with Crippen molar-refractivity contribution in [3.63, 3.8) is 0 Å². The second kappa shape index (κ2) is 16.2. The molecule has 2 N–H and O–H groups in total. The summed E-state index contributed by atoms with van der Waals surface area (Å²) in [7, 11) is 0. The molecule has 2 aromatic heterocycles. The first kappa shape index (κ1) is 40.8. The molecular weight excluding hydrogens is 744 g/mol. The monoisotopic (exact) mass is 785 g/mol. The van der Waals surface area contributed by atoms with Crippen molar-refractivity contribution in [3.8, 4) is 10.8 Å². The molecule has 0 radical (unpaired) electrons. The van der Waals surface area contributed by atoms with Gasteiger partial charge in [0.1, 0.15) is 10.6 Å². The number of hydrogen-bond donors (Lipinski definition) is 2. The van der Waals surface area contributed by atoms with Crippen LogP contribution < -0.4 is 9.47 Å². The van der Waals surface area contributed by atoms with Crippen LogP contribution in [-0.4, -0.2) is 80.2 Å². The van der Waals surface area contributed by atoms with Gasteiger partial charge in [0.15, 0.2) is 5.06 Å². The first-order chi connectivity index (χ1) is 25.4. The van der Waals surface area contributed by atoms with Gasteiger partial charge in [0.2, 0.25) is 5.60 Å². The summed E-state index contributed by atoms with van der Waals surface area (Å²) < 4.78 is 95.5. The molecule has 2 fully saturated rings. The molecule has 2 aliphatic heterocycles. The highest BCUT2D eigenvalue weighted by molar-refractivity contribution is 7.13. The van der Waals surface area contributed by atoms with Crippen LogP contribution in [-0.2, 0) is 27.5 Å². The van der Waals surface area contributed by atoms with Crippen LogP contribution in [0.15, 0.2) is 54.9 Å². The third-order valence-corrected chi connectivity index (χ3v) is 10.9. The van der Waals surface area contributed by atoms with Gasteiger partial charge in [0, 0.05) is 50.4 Å². The highest BCUT2D eigenvalue weighted by Gasteiger charge is 2.56. The highest BCUT2D eigenvalue weighted by Crippen LogP contribution is 2.45. The van der Waals surface area contributed by atoms with E-state index in [4.69, 9.17) is 14.6 Å². The predicted molar refractivity (Wildman–Crippen MR) is 184 cm³/mol. The van der Waals surface area contributed by atoms with E-state index in [2.05, 4.69) is 4.98 Å². The maximum Gasteiger partial charge on any atom is 0.425 e. The Balaban J connectivity index is 1.48. The second-order valence-electron chi connectivity index (χ2n) is 13.6. The maximum absolute atomic E-state index is 14.9. The Labute approximate surface area is 311 Å². The summed E-state index contributed by atoms with van der Waals surface area (Å²) in [5, 5.41) is 20.7. The molecule has 10 nitrogen and oxygen atoms in total. The minimum Gasteiger partial charge on any atom is -0.490 e. The summed E-state index contributed by atoms with van der Waals surface area (Å²) in [5.41, 5.74) is -5.00. The number of para-hydroxylation sites is 1. The molecule has 0 spiro atoms. The minimum absolute atomic E-state index is 0.00163. The Morgan fingerprint density at radius 2 is 1.70 bits per heavy atom. The van der Waals surface area contributed by atoms with Gasteiger partial charge in [0.05, 0.1) is 28.9 Å². The Kier molecular flexibility index (Phi) is 12.2. The zero-order valence-electron chi connectivity index (χ0n) is 29.6. The van der Waals surface area contributed by atoms with Crippen LogP contribution in [0, 0.1) is 0 Å². The number of rotatable bonds is 12. The lowest BCUT2D eigenvalue weighted by Gasteiger charge is -2.51. The summed E-state index contributed by atoms with van der Waals surface area (Å²) in [6.45, 7) is 3.31. The fourth-order valence-electron chi connectivity index (χ4n) is 7.25. The number of amides is 2. The number of benzene rings is 1. The average molecular weight is 786 g/mol. The molecule has 0 aliphatic carbocycles. The van der Waals surface area contributed by atoms with Crippen molar-refractivity contribution in [2.24, 2.45) is 0 Å². The molecule has 4 heterocycles. The van der Waals surface area contributed by atoms with E-state index in [1.807, 2.05) is 0 Å². The number of hydrogen-bond acceptors (Lipinski definition) is 8. The number of ether oxygens (including phenoxy) is 2. The van der Waals surface area contributed by atoms with Gasteiger partial charge in [-0.1, -0.05) is 42.9 Å². The molecule has 0 bridgehead atoms. The molecule has 2 saturated heterocycles. The smallest absolute Gasteiger partial charge is 0.425 e. The summed E-state index contributed by atoms with van der Waals surface area (Å²) in [6.07, 6.45) is -7.84. The number of thiophene rings is 1. The number of carbonyl (C=O) groups is 3. The lowest BCUT2D eigenvalue weighted by molar-refractivity contribution is -0.163. The van der Waals surface area contributed by atoms with E-state index in [0.717, 1.165) is 29.4 Å². The molecule has 2 amide bonds. The number of halogens is 6. The molecule has 2 aliphatic rings. The van der Waals surface area contributed by atoms with Crippen molar-refractivity contribution in [2.75, 3.05) is 19.6 Å². The van der Waals surface area contributed by atoms with Crippen molar-refractivity contribution < 1.29 is 60.4 Å². The van der Waals surface area contributed by atoms with E-state index in [1.165, 1.54) is 4.90 Å². The van der Waals surface area contributed by atoms with E-state index in [0.29, 0.717) is 23.8 Å². The zero-order valence-corrected chi connectivity index (χ0v) is 30.4. The molecule has 5 rings (SSSR count). The molecule has 294 valence electrons. The molecule has 1 unspecified atom stereocenters. The molecule has 3 aromatic rings. The molecule has 17 heteroatoms. The fourth-order valence-corrected chi connectivity index (χ4v) is 8.05. The number of carboxylic acid groups (broad SMARTS) is 1. The van der Waals surface area contributed by atoms with Crippen LogP contribution in [0.4, 0.5) is 26.3 Å². The van der Waals surface area contributed by atoms with Crippen molar-refractivity contribution in [2.45, 2.75) is 101 Å². The lowest BCUT2D eigenvalue weighted by atomic mass is 9.78. The first-order valence-electron chi connectivity index (χ1n) is 17.6. The van der Waals surface area contributed by atoms with E-state index < -0.39 is 69.5 Å². The summed E-state index contributed by atoms with van der Waals surface area (Å²) in [4.78, 5) is 45.3. The average Bonchev–Trinajstić information content (AvgIpc) is 3.60. The van der Waals surface area contributed by atoms with E-state index in [-0.39, 0.29) is 81.0 Å². The maximum atomic E-state index is 14.9. The molecule has 3 atom stereocenters. The number of carbonyl (C=O) groups excluding carboxylic acids is 2. The van der Waals surface area contributed by atoms with Crippen LogP contribution in [0.2, 0.25) is 0 Å². The van der Waals surface area contributed by atoms with Crippen molar-refractivity contribution in [3.05, 3.63) is 76.4 Å². The lowest BCUT2D eigenvalue weighted by Crippen LogP contribution is -2.68. The topological polar surface area (TPSA) is 130 Å². The largest absolute Gasteiger partial charge is 0.490 e. The van der Waals surface area contributed by atoms with Gasteiger partial charge < -0.3 is 29.5 Å². The van der Waals surface area contributed by atoms with Gasteiger partial charge in [-0.15, -0.1) is 0 Å². The molecular formula is C37H41F6N3O7S. The third kappa shape index (κ3) is 8.77. The number of alkyl halides is 6. The minimum atomic E-state index is -4.90. The number of likely N-dealkylation sites (tertiary alicyclic amines) is 2. The van der Waals surface area contributed by atoms with Gasteiger partial charge in [-0.05, 0) is 63.3 Å². The van der Waals surface area contributed by atoms with Crippen molar-refractivity contribution in [1.29, 1.82) is 0 Å². The quantitative estimate of drug-likeness (QED) is 0.180. The van der Waals surface area contributed by atoms with Gasteiger partial charge in [0.25, 0.3) is 11.8 Å². The van der Waals surface area contributed by atoms with Gasteiger partial charge in [-0.3, -0.25) is 19.4 Å². The Morgan fingerprint density at radius 1 is 1.00 bits per heavy atom. The summed E-state index contributed by atoms with van der Waals surface area (Å²) >= 11 is 0.270. The number of piperidine rings is 2. The zero-order chi connectivity index (χ0) is 39.5. The fraction of sp³-hybridized carbons (Fsp3) is 0.514. The normalized spacial score (nSPS) is 21.0. The van der Waals surface area contributed by atoms with Crippen LogP contribution >= 0.6 is 11.3 Å². The number of carboxylic acids is 1. The van der Waals surface area contributed by atoms with Gasteiger partial charge >= 0.3 is 18.3 Å². The molecule has 54 heavy (non-hydrogen) atoms. The van der Waals surface area contributed by atoms with Crippen LogP contribution in [0.25, 0.3) is 0 Å². The van der Waals surface area contributed by atoms with Crippen molar-refractivity contribution in [1.82, 2.24) is 14.8 Å². The molecule has 1 aromatic carbocycles. The van der Waals surface area contributed by atoms with Gasteiger partial charge in [-0.2, -0.15) is 26.3 Å². The molecule has 0 saturated carbocycles. The summed E-state index contributed by atoms with van der Waals surface area (Å²) in [6, 6.07) is 8.12. The summed E-state index contributed by atoms with van der Waals surface area (Å²) in [5.74, 6) is -2.35. The van der Waals surface area contributed by atoms with Crippen LogP contribution in [0.1, 0.15) is 91.6 Å².